The number of rotatable bonds is 3. The number of hydrogen-bond donors (Lipinski definition) is 1. The Labute approximate surface area is 83.3 Å². The van der Waals surface area contributed by atoms with Gasteiger partial charge in [0, 0.05) is 20.1 Å². The molecule has 1 saturated heterocycles. The summed E-state index contributed by atoms with van der Waals surface area (Å²) >= 11 is 0. The molecule has 14 heavy (non-hydrogen) atoms. The van der Waals surface area contributed by atoms with E-state index in [1.165, 1.54) is 6.42 Å². The van der Waals surface area contributed by atoms with Gasteiger partial charge < -0.3 is 10.2 Å². The molecule has 1 N–H and O–H groups in total. The molecule has 0 spiro atoms. The van der Waals surface area contributed by atoms with Crippen LogP contribution in [0.4, 0.5) is 5.95 Å². The Kier molecular flexibility index (Phi) is 2.62. The highest BCUT2D eigenvalue weighted by atomic mass is 15.6. The van der Waals surface area contributed by atoms with E-state index in [1.54, 1.807) is 4.68 Å². The fourth-order valence-electron chi connectivity index (χ4n) is 1.96. The Morgan fingerprint density at radius 3 is 3.07 bits per heavy atom. The van der Waals surface area contributed by atoms with E-state index in [1.807, 2.05) is 14.1 Å². The summed E-state index contributed by atoms with van der Waals surface area (Å²) in [7, 11) is 3.87. The van der Waals surface area contributed by atoms with Crippen molar-refractivity contribution >= 4 is 5.95 Å². The second-order valence-corrected chi connectivity index (χ2v) is 3.76. The quantitative estimate of drug-likeness (QED) is 0.689. The maximum Gasteiger partial charge on any atom is 0.245 e. The van der Waals surface area contributed by atoms with Gasteiger partial charge in [-0.25, -0.2) is 4.68 Å². The van der Waals surface area contributed by atoms with Gasteiger partial charge in [0.05, 0.1) is 0 Å². The monoisotopic (exact) mass is 196 g/mol. The summed E-state index contributed by atoms with van der Waals surface area (Å²) in [6.07, 6.45) is 1.22. The number of nitrogens with one attached hydrogen (secondary N) is 1. The average Bonchev–Trinajstić information content (AvgIpc) is 2.74. The zero-order valence-corrected chi connectivity index (χ0v) is 8.64. The largest absolute Gasteiger partial charge is 0.339 e. The second kappa shape index (κ2) is 3.91. The molecule has 2 heterocycles. The minimum atomic E-state index is 0.719. The van der Waals surface area contributed by atoms with Crippen LogP contribution in [0.2, 0.25) is 0 Å². The van der Waals surface area contributed by atoms with Gasteiger partial charge in [0.1, 0.15) is 0 Å². The van der Waals surface area contributed by atoms with Gasteiger partial charge in [0.2, 0.25) is 5.95 Å². The smallest absolute Gasteiger partial charge is 0.245 e. The Bertz CT molecular complexity index is 296. The molecule has 0 amide bonds. The Morgan fingerprint density at radius 1 is 1.57 bits per heavy atom. The fourth-order valence-corrected chi connectivity index (χ4v) is 1.96. The highest BCUT2D eigenvalue weighted by Crippen LogP contribution is 2.19. The third-order valence-electron chi connectivity index (χ3n) is 2.66. The Morgan fingerprint density at radius 2 is 2.43 bits per heavy atom. The zero-order valence-electron chi connectivity index (χ0n) is 8.64. The summed E-state index contributed by atoms with van der Waals surface area (Å²) in [5, 5.41) is 14.7. The minimum absolute atomic E-state index is 0.719. The Hall–Kier alpha value is -1.17. The molecule has 1 atom stereocenters. The highest BCUT2D eigenvalue weighted by molar-refractivity contribution is 5.29. The van der Waals surface area contributed by atoms with Crippen LogP contribution < -0.4 is 10.2 Å². The first-order chi connectivity index (χ1) is 6.81. The standard InChI is InChI=1S/C8H16N6/c1-9-5-7-3-4-14(6-7)8-10-11-12-13(8)2/h7,9H,3-6H2,1-2H3. The molecule has 1 fully saturated rings. The number of hydrogen-bond acceptors (Lipinski definition) is 5. The van der Waals surface area contributed by atoms with Gasteiger partial charge in [0.15, 0.2) is 0 Å². The minimum Gasteiger partial charge on any atom is -0.339 e. The molecular formula is C8H16N6. The van der Waals surface area contributed by atoms with Gasteiger partial charge in [0.25, 0.3) is 0 Å². The second-order valence-electron chi connectivity index (χ2n) is 3.76. The lowest BCUT2D eigenvalue weighted by atomic mass is 10.1. The van der Waals surface area contributed by atoms with Crippen LogP contribution in [0.1, 0.15) is 6.42 Å². The van der Waals surface area contributed by atoms with Crippen LogP contribution >= 0.6 is 0 Å². The molecule has 0 aromatic carbocycles. The molecule has 1 unspecified atom stereocenters. The van der Waals surface area contributed by atoms with Crippen molar-refractivity contribution in [1.82, 2.24) is 25.5 Å². The summed E-state index contributed by atoms with van der Waals surface area (Å²) in [6, 6.07) is 0. The van der Waals surface area contributed by atoms with Gasteiger partial charge in [-0.3, -0.25) is 0 Å². The highest BCUT2D eigenvalue weighted by Gasteiger charge is 2.24. The number of tetrazole rings is 1. The van der Waals surface area contributed by atoms with Gasteiger partial charge in [-0.15, -0.1) is 0 Å². The first-order valence-electron chi connectivity index (χ1n) is 4.93. The molecule has 0 bridgehead atoms. The predicted octanol–water partition coefficient (Wildman–Crippen LogP) is -0.744. The third-order valence-corrected chi connectivity index (χ3v) is 2.66. The van der Waals surface area contributed by atoms with Crippen molar-refractivity contribution in [2.75, 3.05) is 31.6 Å². The molecule has 78 valence electrons. The van der Waals surface area contributed by atoms with Crippen molar-refractivity contribution in [3.05, 3.63) is 0 Å². The van der Waals surface area contributed by atoms with Crippen LogP contribution in [-0.2, 0) is 7.05 Å². The zero-order chi connectivity index (χ0) is 9.97. The molecule has 1 aromatic heterocycles. The molecule has 6 nitrogen and oxygen atoms in total. The molecule has 1 aromatic rings. The number of nitrogens with zero attached hydrogens (tertiary/aromatic N) is 5. The molecule has 1 aliphatic rings. The SMILES string of the molecule is CNCC1CCN(c2nnnn2C)C1. The third kappa shape index (κ3) is 1.70. The molecule has 6 heteroatoms. The van der Waals surface area contributed by atoms with Gasteiger partial charge >= 0.3 is 0 Å². The lowest BCUT2D eigenvalue weighted by Crippen LogP contribution is -2.26. The Balaban J connectivity index is 1.99. The summed E-state index contributed by atoms with van der Waals surface area (Å²) in [6.45, 7) is 3.18. The van der Waals surface area contributed by atoms with Crippen LogP contribution in [0.15, 0.2) is 0 Å². The summed E-state index contributed by atoms with van der Waals surface area (Å²) < 4.78 is 1.72. The number of anilines is 1. The molecule has 0 aliphatic carbocycles. The number of aromatic nitrogens is 4. The van der Waals surface area contributed by atoms with Crippen molar-refractivity contribution < 1.29 is 0 Å². The predicted molar refractivity (Wildman–Crippen MR) is 53.0 cm³/mol. The van der Waals surface area contributed by atoms with Crippen LogP contribution in [0.25, 0.3) is 0 Å². The van der Waals surface area contributed by atoms with E-state index in [9.17, 15) is 0 Å². The van der Waals surface area contributed by atoms with E-state index in [4.69, 9.17) is 0 Å². The van der Waals surface area contributed by atoms with E-state index in [0.717, 1.165) is 31.5 Å². The van der Waals surface area contributed by atoms with Crippen LogP contribution in [0.3, 0.4) is 0 Å². The summed E-state index contributed by atoms with van der Waals surface area (Å²) in [4.78, 5) is 2.24. The lowest BCUT2D eigenvalue weighted by Gasteiger charge is -2.15. The normalized spacial score (nSPS) is 21.9. The van der Waals surface area contributed by atoms with Crippen LogP contribution in [0.5, 0.6) is 0 Å². The van der Waals surface area contributed by atoms with E-state index in [-0.39, 0.29) is 0 Å². The lowest BCUT2D eigenvalue weighted by molar-refractivity contribution is 0.547. The van der Waals surface area contributed by atoms with Crippen molar-refractivity contribution in [2.45, 2.75) is 6.42 Å². The molecule has 0 radical (unpaired) electrons. The van der Waals surface area contributed by atoms with Gasteiger partial charge in [-0.1, -0.05) is 5.10 Å². The first-order valence-corrected chi connectivity index (χ1v) is 4.93. The van der Waals surface area contributed by atoms with E-state index in [2.05, 4.69) is 25.7 Å². The topological polar surface area (TPSA) is 58.9 Å². The van der Waals surface area contributed by atoms with Crippen molar-refractivity contribution in [3.8, 4) is 0 Å². The van der Waals surface area contributed by atoms with Crippen LogP contribution in [-0.4, -0.2) is 46.9 Å². The maximum absolute atomic E-state index is 4.00. The molecule has 2 rings (SSSR count). The molecular weight excluding hydrogens is 180 g/mol. The average molecular weight is 196 g/mol. The first kappa shape index (κ1) is 9.39. The molecule has 1 aliphatic heterocycles. The van der Waals surface area contributed by atoms with E-state index in [0.29, 0.717) is 0 Å². The summed E-state index contributed by atoms with van der Waals surface area (Å²) in [5.41, 5.74) is 0. The van der Waals surface area contributed by atoms with Crippen LogP contribution in [0, 0.1) is 5.92 Å². The maximum atomic E-state index is 4.00. The fraction of sp³-hybridized carbons (Fsp3) is 0.875. The molecule has 0 saturated carbocycles. The van der Waals surface area contributed by atoms with Gasteiger partial charge in [-0.2, -0.15) is 0 Å². The van der Waals surface area contributed by atoms with E-state index >= 15 is 0 Å². The van der Waals surface area contributed by atoms with Crippen molar-refractivity contribution in [2.24, 2.45) is 13.0 Å². The van der Waals surface area contributed by atoms with Crippen molar-refractivity contribution in [1.29, 1.82) is 0 Å². The number of aryl methyl sites for hydroxylation is 1. The van der Waals surface area contributed by atoms with Crippen molar-refractivity contribution in [3.63, 3.8) is 0 Å². The van der Waals surface area contributed by atoms with E-state index < -0.39 is 0 Å². The van der Waals surface area contributed by atoms with Gasteiger partial charge in [-0.05, 0) is 36.4 Å². The summed E-state index contributed by atoms with van der Waals surface area (Å²) in [5.74, 6) is 1.60.